The third-order valence-electron chi connectivity index (χ3n) is 8.08. The fraction of sp³-hybridized carbons (Fsp3) is 0.121. The minimum atomic E-state index is -1.91. The number of hydrogen-bond donors (Lipinski definition) is 0. The maximum absolute atomic E-state index is 15.7. The highest BCUT2D eigenvalue weighted by Crippen LogP contribution is 2.42. The van der Waals surface area contributed by atoms with E-state index >= 15 is 4.39 Å². The summed E-state index contributed by atoms with van der Waals surface area (Å²) in [7, 11) is -0.0214. The molecule has 0 radical (unpaired) electrons. The zero-order chi connectivity index (χ0) is 26.3. The van der Waals surface area contributed by atoms with Gasteiger partial charge in [0.25, 0.3) is 0 Å². The van der Waals surface area contributed by atoms with Crippen molar-refractivity contribution in [3.63, 3.8) is 0 Å². The molecule has 0 saturated carbocycles. The van der Waals surface area contributed by atoms with Crippen molar-refractivity contribution in [2.24, 2.45) is 7.05 Å². The van der Waals surface area contributed by atoms with E-state index < -0.39 is 8.07 Å². The van der Waals surface area contributed by atoms with E-state index in [0.29, 0.717) is 17.3 Å². The molecule has 1 aliphatic rings. The van der Waals surface area contributed by atoms with E-state index in [4.69, 9.17) is 5.79 Å². The predicted molar refractivity (Wildman–Crippen MR) is 153 cm³/mol. The minimum Gasteiger partial charge on any atom is -0.454 e. The molecule has 0 unspecified atom stereocenters. The maximum Gasteiger partial charge on any atom is 0.216 e. The van der Waals surface area contributed by atoms with Crippen LogP contribution < -0.4 is 14.9 Å². The molecule has 0 aliphatic carbocycles. The van der Waals surface area contributed by atoms with Crippen LogP contribution >= 0.6 is 0 Å². The third-order valence-corrected chi connectivity index (χ3v) is 11.6. The van der Waals surface area contributed by atoms with Gasteiger partial charge in [0.05, 0.1) is 11.1 Å². The van der Waals surface area contributed by atoms with Crippen molar-refractivity contribution in [3.05, 3.63) is 102 Å². The molecule has 0 bridgehead atoms. The summed E-state index contributed by atoms with van der Waals surface area (Å²) in [5, 5.41) is 4.60. The quantitative estimate of drug-likeness (QED) is 0.184. The van der Waals surface area contributed by atoms with Gasteiger partial charge in [0.15, 0.2) is 6.17 Å². The fourth-order valence-corrected chi connectivity index (χ4v) is 9.25. The second-order valence-corrected chi connectivity index (χ2v) is 14.9. The highest BCUT2D eigenvalue weighted by Gasteiger charge is 2.37. The van der Waals surface area contributed by atoms with Crippen molar-refractivity contribution in [2.45, 2.75) is 20.0 Å². The van der Waals surface area contributed by atoms with Crippen LogP contribution in [-0.2, 0) is 7.05 Å². The van der Waals surface area contributed by atoms with Gasteiger partial charge in [-0.25, -0.2) is 8.96 Å². The van der Waals surface area contributed by atoms with E-state index in [1.165, 1.54) is 21.5 Å². The number of halogens is 1. The SMILES string of the molecule is [2H]c1cccc(-c2c(C)ccc3c2oc2c(-c4ccc5c(c4)[Si](C)(C)c4ccccc4-5)c(F)ccc23)[n+]1C. The number of hydrogen-bond acceptors (Lipinski definition) is 1. The molecular weight excluding hydrogens is 473 g/mol. The molecule has 2 nitrogen and oxygen atoms in total. The van der Waals surface area contributed by atoms with Crippen LogP contribution in [0.1, 0.15) is 6.93 Å². The molecule has 0 atom stereocenters. The van der Waals surface area contributed by atoms with Gasteiger partial charge in [-0.05, 0) is 57.8 Å². The summed E-state index contributed by atoms with van der Waals surface area (Å²) in [6.45, 7) is 6.79. The Morgan fingerprint density at radius 1 is 0.784 bits per heavy atom. The van der Waals surface area contributed by atoms with Gasteiger partial charge < -0.3 is 4.42 Å². The molecule has 4 aromatic carbocycles. The van der Waals surface area contributed by atoms with Gasteiger partial charge in [0, 0.05) is 22.9 Å². The van der Waals surface area contributed by atoms with Crippen LogP contribution in [0.15, 0.2) is 95.5 Å². The maximum atomic E-state index is 15.7. The molecule has 0 fully saturated rings. The predicted octanol–water partition coefficient (Wildman–Crippen LogP) is 7.00. The Labute approximate surface area is 218 Å². The average molecular weight is 502 g/mol. The van der Waals surface area contributed by atoms with E-state index in [1.54, 1.807) is 12.1 Å². The second-order valence-electron chi connectivity index (χ2n) is 10.6. The van der Waals surface area contributed by atoms with Crippen molar-refractivity contribution in [2.75, 3.05) is 0 Å². The molecule has 4 heteroatoms. The van der Waals surface area contributed by atoms with E-state index in [9.17, 15) is 0 Å². The first-order valence-electron chi connectivity index (χ1n) is 13.1. The zero-order valence-corrected chi connectivity index (χ0v) is 22.3. The van der Waals surface area contributed by atoms with Crippen molar-refractivity contribution < 1.29 is 14.7 Å². The summed E-state index contributed by atoms with van der Waals surface area (Å²) >= 11 is 0. The van der Waals surface area contributed by atoms with E-state index in [0.717, 1.165) is 38.7 Å². The Morgan fingerprint density at radius 3 is 2.32 bits per heavy atom. The average Bonchev–Trinajstić information content (AvgIpc) is 3.38. The summed E-state index contributed by atoms with van der Waals surface area (Å²) in [5.41, 5.74) is 8.06. The van der Waals surface area contributed by atoms with Gasteiger partial charge >= 0.3 is 0 Å². The van der Waals surface area contributed by atoms with Crippen molar-refractivity contribution in [3.8, 4) is 33.5 Å². The van der Waals surface area contributed by atoms with Crippen LogP contribution in [0, 0.1) is 12.7 Å². The number of benzene rings is 4. The summed E-state index contributed by atoms with van der Waals surface area (Å²) in [6, 6.07) is 28.2. The molecule has 37 heavy (non-hydrogen) atoms. The van der Waals surface area contributed by atoms with Gasteiger partial charge in [0.1, 0.15) is 33.5 Å². The van der Waals surface area contributed by atoms with E-state index in [-0.39, 0.29) is 5.82 Å². The van der Waals surface area contributed by atoms with E-state index in [1.807, 2.05) is 42.8 Å². The number of fused-ring (bicyclic) bond motifs is 6. The number of furan rings is 1. The minimum absolute atomic E-state index is 0.288. The van der Waals surface area contributed by atoms with Crippen LogP contribution in [0.5, 0.6) is 0 Å². The lowest BCUT2D eigenvalue weighted by Gasteiger charge is -2.19. The first-order chi connectivity index (χ1) is 18.3. The van der Waals surface area contributed by atoms with Crippen LogP contribution in [0.25, 0.3) is 55.4 Å². The van der Waals surface area contributed by atoms with Crippen LogP contribution in [0.2, 0.25) is 13.1 Å². The van der Waals surface area contributed by atoms with Gasteiger partial charge in [-0.1, -0.05) is 67.7 Å². The van der Waals surface area contributed by atoms with E-state index in [2.05, 4.69) is 61.6 Å². The summed E-state index contributed by atoms with van der Waals surface area (Å²) in [5.74, 6) is -0.288. The molecule has 180 valence electrons. The lowest BCUT2D eigenvalue weighted by molar-refractivity contribution is -0.660. The highest BCUT2D eigenvalue weighted by molar-refractivity contribution is 7.03. The summed E-state index contributed by atoms with van der Waals surface area (Å²) in [6.07, 6.45) is 0.410. The Bertz CT molecular complexity index is 1960. The summed E-state index contributed by atoms with van der Waals surface area (Å²) in [4.78, 5) is 0. The monoisotopic (exact) mass is 501 g/mol. The smallest absolute Gasteiger partial charge is 0.216 e. The van der Waals surface area contributed by atoms with Crippen LogP contribution in [0.4, 0.5) is 4.39 Å². The number of aryl methyl sites for hydroxylation is 1. The first-order valence-corrected chi connectivity index (χ1v) is 15.6. The molecule has 0 amide bonds. The molecule has 3 heterocycles. The van der Waals surface area contributed by atoms with Gasteiger partial charge in [0.2, 0.25) is 5.69 Å². The second kappa shape index (κ2) is 7.74. The normalized spacial score (nSPS) is 14.1. The molecule has 0 saturated heterocycles. The number of aromatic nitrogens is 1. The van der Waals surface area contributed by atoms with Crippen molar-refractivity contribution in [1.82, 2.24) is 0 Å². The fourth-order valence-electron chi connectivity index (χ4n) is 6.15. The molecule has 7 rings (SSSR count). The molecule has 0 N–H and O–H groups in total. The lowest BCUT2D eigenvalue weighted by Crippen LogP contribution is -2.49. The van der Waals surface area contributed by atoms with Crippen LogP contribution in [-0.4, -0.2) is 8.07 Å². The summed E-state index contributed by atoms with van der Waals surface area (Å²) < 4.78 is 32.4. The van der Waals surface area contributed by atoms with Crippen LogP contribution in [0.3, 0.4) is 0 Å². The molecule has 0 spiro atoms. The lowest BCUT2D eigenvalue weighted by atomic mass is 9.97. The van der Waals surface area contributed by atoms with Gasteiger partial charge in [-0.15, -0.1) is 0 Å². The standard InChI is InChI=1S/C33H27FNOSi/c1-20-12-14-24-25-16-17-26(34)31(33(25)36-32(24)30(20)27-10-7-8-18-35(27)2)21-13-15-23-22-9-5-6-11-28(22)37(3,4)29(23)19-21/h5-19H,1-4H3/q+1/i18D. The Morgan fingerprint density at radius 2 is 1.49 bits per heavy atom. The number of nitrogens with zero attached hydrogens (tertiary/aromatic N) is 1. The molecule has 1 aliphatic heterocycles. The zero-order valence-electron chi connectivity index (χ0n) is 22.3. The van der Waals surface area contributed by atoms with Gasteiger partial charge in [-0.3, -0.25) is 0 Å². The Balaban J connectivity index is 1.51. The molecule has 2 aromatic heterocycles. The Kier molecular flexibility index (Phi) is 4.41. The van der Waals surface area contributed by atoms with Crippen molar-refractivity contribution >= 4 is 40.4 Å². The van der Waals surface area contributed by atoms with Crippen molar-refractivity contribution in [1.29, 1.82) is 0 Å². The first kappa shape index (κ1) is 21.1. The van der Waals surface area contributed by atoms with Gasteiger partial charge in [-0.2, -0.15) is 0 Å². The Hall–Kier alpha value is -4.02. The number of pyridine rings is 1. The third kappa shape index (κ3) is 3.06. The molecule has 6 aromatic rings. The number of rotatable bonds is 2. The topological polar surface area (TPSA) is 17.0 Å². The highest BCUT2D eigenvalue weighted by atomic mass is 28.3. The largest absolute Gasteiger partial charge is 0.454 e. The molecular formula is C33H27FNOSi+.